The van der Waals surface area contributed by atoms with E-state index < -0.39 is 5.95 Å². The number of hydrogen-bond acceptors (Lipinski definition) is 4. The largest absolute Gasteiger partial charge is 0.475 e. The van der Waals surface area contributed by atoms with Gasteiger partial charge < -0.3 is 14.7 Å². The summed E-state index contributed by atoms with van der Waals surface area (Å²) in [7, 11) is 1.26. The molecular weight excluding hydrogens is 186 g/mol. The van der Waals surface area contributed by atoms with Crippen LogP contribution in [-0.2, 0) is 9.53 Å². The molecule has 1 fully saturated rings. The van der Waals surface area contributed by atoms with E-state index in [1.54, 1.807) is 0 Å². The van der Waals surface area contributed by atoms with Gasteiger partial charge in [-0.25, -0.2) is 0 Å². The summed E-state index contributed by atoms with van der Waals surface area (Å²) in [4.78, 5) is 15.6. The number of amides is 1. The Hall–Kier alpha value is -1.77. The average molecular weight is 198 g/mol. The SMILES string of the molecule is CO/C(O)=C(/CN1CCCC1=O)[N+]#N. The molecule has 1 rings (SSSR count). The number of rotatable bonds is 3. The first-order chi connectivity index (χ1) is 6.69. The predicted octanol–water partition coefficient (Wildman–Crippen LogP) is 0.835. The molecule has 0 aromatic rings. The van der Waals surface area contributed by atoms with Crippen LogP contribution in [0.3, 0.4) is 0 Å². The lowest BCUT2D eigenvalue weighted by molar-refractivity contribution is -0.127. The van der Waals surface area contributed by atoms with E-state index >= 15 is 0 Å². The van der Waals surface area contributed by atoms with Gasteiger partial charge in [0.2, 0.25) is 11.3 Å². The molecule has 0 aromatic heterocycles. The molecule has 0 radical (unpaired) electrons. The Morgan fingerprint density at radius 2 is 2.50 bits per heavy atom. The first kappa shape index (κ1) is 10.3. The van der Waals surface area contributed by atoms with Crippen LogP contribution in [0.15, 0.2) is 11.6 Å². The van der Waals surface area contributed by atoms with Gasteiger partial charge in [0.25, 0.3) is 0 Å². The second kappa shape index (κ2) is 4.46. The lowest BCUT2D eigenvalue weighted by Gasteiger charge is -2.09. The van der Waals surface area contributed by atoms with Gasteiger partial charge in [-0.05, 0) is 6.42 Å². The van der Waals surface area contributed by atoms with E-state index in [9.17, 15) is 4.79 Å². The fraction of sp³-hybridized carbons (Fsp3) is 0.625. The van der Waals surface area contributed by atoms with Gasteiger partial charge in [0, 0.05) is 13.0 Å². The van der Waals surface area contributed by atoms with Gasteiger partial charge in [-0.1, -0.05) is 0 Å². The van der Waals surface area contributed by atoms with E-state index in [-0.39, 0.29) is 18.1 Å². The number of hydrogen-bond donors (Lipinski definition) is 1. The first-order valence-corrected chi connectivity index (χ1v) is 4.28. The molecule has 6 nitrogen and oxygen atoms in total. The van der Waals surface area contributed by atoms with Crippen molar-refractivity contribution < 1.29 is 14.6 Å². The molecule has 1 saturated heterocycles. The van der Waals surface area contributed by atoms with E-state index in [1.807, 2.05) is 0 Å². The monoisotopic (exact) mass is 198 g/mol. The van der Waals surface area contributed by atoms with Crippen LogP contribution in [-0.4, -0.2) is 36.1 Å². The minimum atomic E-state index is -0.466. The summed E-state index contributed by atoms with van der Waals surface area (Å²) >= 11 is 0. The standard InChI is InChI=1S/C8H11N3O3/c1-14-8(13)6(10-9)5-11-4-2-3-7(11)12/h2-5H2,1H3/p+1/b8-6-. The lowest BCUT2D eigenvalue weighted by Crippen LogP contribution is -2.26. The number of diazo groups is 1. The molecule has 1 amide bonds. The van der Waals surface area contributed by atoms with Gasteiger partial charge in [-0.15, -0.1) is 0 Å². The Kier molecular flexibility index (Phi) is 3.29. The van der Waals surface area contributed by atoms with E-state index in [0.717, 1.165) is 6.42 Å². The highest BCUT2D eigenvalue weighted by Gasteiger charge is 2.29. The average Bonchev–Trinajstić information content (AvgIpc) is 2.59. The molecular formula is C8H12N3O3+. The van der Waals surface area contributed by atoms with Crippen LogP contribution < -0.4 is 0 Å². The van der Waals surface area contributed by atoms with Crippen molar-refractivity contribution in [2.24, 2.45) is 0 Å². The maximum atomic E-state index is 11.2. The van der Waals surface area contributed by atoms with Crippen molar-refractivity contribution in [3.05, 3.63) is 16.6 Å². The molecule has 0 aliphatic carbocycles. The summed E-state index contributed by atoms with van der Waals surface area (Å²) in [6, 6.07) is 0. The van der Waals surface area contributed by atoms with E-state index in [2.05, 4.69) is 9.71 Å². The Bertz CT molecular complexity index is 305. The number of carbonyl (C=O) groups is 1. The Labute approximate surface area is 81.4 Å². The van der Waals surface area contributed by atoms with Crippen molar-refractivity contribution in [2.75, 3.05) is 20.2 Å². The van der Waals surface area contributed by atoms with Gasteiger partial charge in [-0.3, -0.25) is 4.79 Å². The smallest absolute Gasteiger partial charge is 0.459 e. The maximum Gasteiger partial charge on any atom is 0.459 e. The van der Waals surface area contributed by atoms with Gasteiger partial charge in [0.1, 0.15) is 6.54 Å². The van der Waals surface area contributed by atoms with E-state index in [4.69, 9.17) is 10.5 Å². The van der Waals surface area contributed by atoms with Crippen molar-refractivity contribution in [1.29, 1.82) is 5.39 Å². The van der Waals surface area contributed by atoms with Crippen LogP contribution in [0.25, 0.3) is 4.98 Å². The summed E-state index contributed by atoms with van der Waals surface area (Å²) in [5.74, 6) is -0.470. The zero-order chi connectivity index (χ0) is 10.6. The normalized spacial score (nSPS) is 17.7. The Morgan fingerprint density at radius 3 is 2.93 bits per heavy atom. The number of carbonyl (C=O) groups excluding carboxylic acids is 1. The minimum absolute atomic E-state index is 0.00458. The molecule has 0 saturated carbocycles. The van der Waals surface area contributed by atoms with Crippen molar-refractivity contribution >= 4 is 5.91 Å². The van der Waals surface area contributed by atoms with Crippen LogP contribution in [0, 0.1) is 5.39 Å². The second-order valence-corrected chi connectivity index (χ2v) is 2.97. The molecule has 1 N–H and O–H groups in total. The van der Waals surface area contributed by atoms with Crippen molar-refractivity contribution in [1.82, 2.24) is 4.90 Å². The van der Waals surface area contributed by atoms with Crippen LogP contribution in [0.2, 0.25) is 0 Å². The predicted molar refractivity (Wildman–Crippen MR) is 47.6 cm³/mol. The van der Waals surface area contributed by atoms with Gasteiger partial charge in [0.05, 0.1) is 7.11 Å². The molecule has 14 heavy (non-hydrogen) atoms. The third-order valence-corrected chi connectivity index (χ3v) is 2.07. The quantitative estimate of drug-likeness (QED) is 0.538. The summed E-state index contributed by atoms with van der Waals surface area (Å²) in [5.41, 5.74) is -0.0391. The van der Waals surface area contributed by atoms with Crippen LogP contribution in [0.4, 0.5) is 0 Å². The van der Waals surface area contributed by atoms with Gasteiger partial charge >= 0.3 is 11.6 Å². The summed E-state index contributed by atoms with van der Waals surface area (Å²) in [6.45, 7) is 0.698. The molecule has 0 aromatic carbocycles. The second-order valence-electron chi connectivity index (χ2n) is 2.97. The molecule has 1 aliphatic rings. The van der Waals surface area contributed by atoms with Crippen LogP contribution in [0.1, 0.15) is 12.8 Å². The fourth-order valence-corrected chi connectivity index (χ4v) is 1.31. The molecule has 6 heteroatoms. The van der Waals surface area contributed by atoms with Crippen molar-refractivity contribution in [2.45, 2.75) is 12.8 Å². The number of aliphatic hydroxyl groups is 1. The minimum Gasteiger partial charge on any atom is -0.475 e. The number of aliphatic hydroxyl groups excluding tert-OH is 1. The first-order valence-electron chi connectivity index (χ1n) is 4.28. The lowest BCUT2D eigenvalue weighted by atomic mass is 10.4. The Morgan fingerprint density at radius 1 is 1.79 bits per heavy atom. The fourth-order valence-electron chi connectivity index (χ4n) is 1.31. The maximum absolute atomic E-state index is 11.2. The van der Waals surface area contributed by atoms with E-state index in [1.165, 1.54) is 12.0 Å². The third kappa shape index (κ3) is 2.13. The molecule has 76 valence electrons. The zero-order valence-electron chi connectivity index (χ0n) is 7.93. The summed E-state index contributed by atoms with van der Waals surface area (Å²) in [6.07, 6.45) is 1.30. The highest BCUT2D eigenvalue weighted by molar-refractivity contribution is 5.78. The van der Waals surface area contributed by atoms with Gasteiger partial charge in [0.15, 0.2) is 4.98 Å². The third-order valence-electron chi connectivity index (χ3n) is 2.07. The van der Waals surface area contributed by atoms with Gasteiger partial charge in [-0.2, -0.15) is 0 Å². The molecule has 0 bridgehead atoms. The number of likely N-dealkylation sites (tertiary alicyclic amines) is 1. The van der Waals surface area contributed by atoms with Crippen LogP contribution >= 0.6 is 0 Å². The van der Waals surface area contributed by atoms with Crippen LogP contribution in [0.5, 0.6) is 0 Å². The molecule has 1 heterocycles. The molecule has 0 atom stereocenters. The van der Waals surface area contributed by atoms with Crippen molar-refractivity contribution in [3.63, 3.8) is 0 Å². The molecule has 1 aliphatic heterocycles. The number of ether oxygens (including phenoxy) is 1. The van der Waals surface area contributed by atoms with Crippen molar-refractivity contribution in [3.8, 4) is 0 Å². The Balaban J connectivity index is 2.67. The number of methoxy groups -OCH3 is 1. The topological polar surface area (TPSA) is 77.9 Å². The van der Waals surface area contributed by atoms with E-state index in [0.29, 0.717) is 13.0 Å². The summed E-state index contributed by atoms with van der Waals surface area (Å²) < 4.78 is 4.49. The zero-order valence-corrected chi connectivity index (χ0v) is 7.93. The molecule has 0 unspecified atom stereocenters. The number of nitrogens with zero attached hydrogens (tertiary/aromatic N) is 3. The highest BCUT2D eigenvalue weighted by atomic mass is 16.6. The highest BCUT2D eigenvalue weighted by Crippen LogP contribution is 2.14. The summed E-state index contributed by atoms with van der Waals surface area (Å²) in [5, 5.41) is 17.7. The molecule has 0 spiro atoms.